The lowest BCUT2D eigenvalue weighted by atomic mass is 12.2. The summed E-state index contributed by atoms with van der Waals surface area (Å²) < 4.78 is 0. The van der Waals surface area contributed by atoms with Gasteiger partial charge in [0, 0.05) is 0 Å². The van der Waals surface area contributed by atoms with Crippen LogP contribution in [0, 0.1) is 10.4 Å². The van der Waals surface area contributed by atoms with Crippen molar-refractivity contribution in [3.8, 4) is 0 Å². The Kier molecular flexibility index (Phi) is 0.733. The van der Waals surface area contributed by atoms with Gasteiger partial charge >= 0.3 is 0 Å². The van der Waals surface area contributed by atoms with E-state index in [4.69, 9.17) is 0 Å². The fourth-order valence-electron chi connectivity index (χ4n) is 0.138. The molecule has 0 saturated carbocycles. The maximum Gasteiger partial charge on any atom is -0.156 e. The monoisotopic (exact) mass is 91.0 g/mol. The van der Waals surface area contributed by atoms with Gasteiger partial charge in [-0.2, -0.15) is 16.2 Å². The highest BCUT2D eigenvalue weighted by molar-refractivity contribution is 4.37. The molecule has 6 heavy (non-hydrogen) atoms. The van der Waals surface area contributed by atoms with Crippen LogP contribution in [0.5, 0.6) is 0 Å². The molecular formula is HN3O3-2. The van der Waals surface area contributed by atoms with Gasteiger partial charge in [0.15, 0.2) is 0 Å². The minimum Gasteiger partial charge on any atom is -0.745 e. The fourth-order valence-corrected chi connectivity index (χ4v) is 0.138. The van der Waals surface area contributed by atoms with Crippen LogP contribution < -0.4 is 5.53 Å². The number of hydrogen-bond acceptors (Lipinski definition) is 6. The van der Waals surface area contributed by atoms with E-state index in [1.165, 1.54) is 0 Å². The quantitative estimate of drug-likeness (QED) is 0.406. The second-order valence-electron chi connectivity index (χ2n) is 0.696. The van der Waals surface area contributed by atoms with E-state index in [1.807, 2.05) is 0 Å². The molecule has 0 radical (unpaired) electrons. The van der Waals surface area contributed by atoms with E-state index in [0.717, 1.165) is 0 Å². The summed E-state index contributed by atoms with van der Waals surface area (Å²) in [5.41, 5.74) is 1.64. The largest absolute Gasteiger partial charge is 0.745 e. The number of hydrazine groups is 2. The number of nitrogens with zero attached hydrogens (tertiary/aromatic N) is 2. The van der Waals surface area contributed by atoms with Crippen molar-refractivity contribution < 1.29 is 4.94 Å². The van der Waals surface area contributed by atoms with Gasteiger partial charge in [0.1, 0.15) is 0 Å². The minimum atomic E-state index is -0.0625. The van der Waals surface area contributed by atoms with Crippen molar-refractivity contribution in [3.05, 3.63) is 10.4 Å². The third-order valence-electron chi connectivity index (χ3n) is 0.312. The van der Waals surface area contributed by atoms with Crippen LogP contribution in [0.4, 0.5) is 0 Å². The first kappa shape index (κ1) is 3.93. The normalized spacial score (nSPS) is 27.0. The summed E-state index contributed by atoms with van der Waals surface area (Å²) in [6, 6.07) is 0. The first-order valence-electron chi connectivity index (χ1n) is 1.18. The molecule has 36 valence electrons. The topological polar surface area (TPSA) is 73.9 Å². The molecule has 0 atom stereocenters. The number of hydrogen-bond donors (Lipinski definition) is 1. The molecule has 1 saturated heterocycles. The average Bonchev–Trinajstić information content (AvgIpc) is 1.33. The van der Waals surface area contributed by atoms with Gasteiger partial charge in [-0.15, -0.1) is 0 Å². The maximum atomic E-state index is 9.45. The van der Waals surface area contributed by atoms with E-state index >= 15 is 0 Å². The summed E-state index contributed by atoms with van der Waals surface area (Å²) in [5.74, 6) is 0. The molecule has 1 aliphatic rings. The summed E-state index contributed by atoms with van der Waals surface area (Å²) in [7, 11) is 0. The Morgan fingerprint density at radius 1 is 1.33 bits per heavy atom. The van der Waals surface area contributed by atoms with E-state index in [1.54, 1.807) is 5.53 Å². The first-order valence-corrected chi connectivity index (χ1v) is 1.18. The molecule has 1 aliphatic heterocycles. The Labute approximate surface area is 32.9 Å². The smallest absolute Gasteiger partial charge is 0.156 e. The van der Waals surface area contributed by atoms with Crippen molar-refractivity contribution in [2.75, 3.05) is 0 Å². The van der Waals surface area contributed by atoms with Crippen molar-refractivity contribution in [1.82, 2.24) is 16.2 Å². The molecule has 0 aromatic rings. The highest BCUT2D eigenvalue weighted by Gasteiger charge is 2.02. The van der Waals surface area contributed by atoms with E-state index in [2.05, 4.69) is 4.94 Å². The van der Waals surface area contributed by atoms with Crippen molar-refractivity contribution in [2.45, 2.75) is 0 Å². The molecule has 0 aromatic heterocycles. The number of nitrogens with one attached hydrogen (secondary N) is 1. The van der Waals surface area contributed by atoms with Gasteiger partial charge < -0.3 is 10.4 Å². The van der Waals surface area contributed by atoms with Gasteiger partial charge in [-0.3, -0.25) is 0 Å². The van der Waals surface area contributed by atoms with Crippen LogP contribution in [-0.2, 0) is 4.94 Å². The zero-order chi connectivity index (χ0) is 4.57. The SMILES string of the molecule is [O-]N1NN([O-])O1. The summed E-state index contributed by atoms with van der Waals surface area (Å²) in [5, 5.41) is 18.8. The predicted octanol–water partition coefficient (Wildman–Crippen LogP) is -1.13. The zero-order valence-electron chi connectivity index (χ0n) is 2.62. The van der Waals surface area contributed by atoms with Crippen molar-refractivity contribution in [3.63, 3.8) is 0 Å². The molecule has 0 unspecified atom stereocenters. The molecule has 6 heteroatoms. The number of rotatable bonds is 0. The van der Waals surface area contributed by atoms with E-state index in [-0.39, 0.29) is 10.7 Å². The minimum absolute atomic E-state index is 0.0625. The highest BCUT2D eigenvalue weighted by atomic mass is 17.2. The second kappa shape index (κ2) is 1.12. The van der Waals surface area contributed by atoms with Crippen molar-refractivity contribution in [2.24, 2.45) is 0 Å². The van der Waals surface area contributed by atoms with Crippen LogP contribution in [0.3, 0.4) is 0 Å². The summed E-state index contributed by atoms with van der Waals surface area (Å²) >= 11 is 0. The van der Waals surface area contributed by atoms with Gasteiger partial charge in [-0.25, -0.2) is 4.94 Å². The summed E-state index contributed by atoms with van der Waals surface area (Å²) in [6.45, 7) is 0. The Hall–Kier alpha value is -0.240. The lowest BCUT2D eigenvalue weighted by molar-refractivity contribution is -0.466. The van der Waals surface area contributed by atoms with Crippen molar-refractivity contribution in [1.29, 1.82) is 0 Å². The predicted molar refractivity (Wildman–Crippen MR) is 14.6 cm³/mol. The zero-order valence-corrected chi connectivity index (χ0v) is 2.62. The third kappa shape index (κ3) is 0.476. The second-order valence-corrected chi connectivity index (χ2v) is 0.696. The highest BCUT2D eigenvalue weighted by Crippen LogP contribution is 1.95. The molecular weight excluding hydrogens is 90.0 g/mol. The lowest BCUT2D eigenvalue weighted by Crippen LogP contribution is -2.57. The fraction of sp³-hybridized carbons (Fsp3) is 0. The Morgan fingerprint density at radius 3 is 1.67 bits per heavy atom. The summed E-state index contributed by atoms with van der Waals surface area (Å²) in [6.07, 6.45) is 0. The van der Waals surface area contributed by atoms with E-state index < -0.39 is 0 Å². The van der Waals surface area contributed by atoms with E-state index in [9.17, 15) is 10.4 Å². The third-order valence-corrected chi connectivity index (χ3v) is 0.312. The van der Waals surface area contributed by atoms with Crippen LogP contribution in [0.1, 0.15) is 0 Å². The van der Waals surface area contributed by atoms with Crippen molar-refractivity contribution >= 4 is 0 Å². The molecule has 0 bridgehead atoms. The van der Waals surface area contributed by atoms with Crippen LogP contribution in [0.15, 0.2) is 0 Å². The molecule has 6 nitrogen and oxygen atoms in total. The molecule has 1 heterocycles. The molecule has 0 spiro atoms. The van der Waals surface area contributed by atoms with Crippen LogP contribution in [0.25, 0.3) is 0 Å². The van der Waals surface area contributed by atoms with E-state index in [0.29, 0.717) is 0 Å². The van der Waals surface area contributed by atoms with Crippen LogP contribution in [0.2, 0.25) is 0 Å². The van der Waals surface area contributed by atoms with Gasteiger partial charge in [-0.1, -0.05) is 0 Å². The van der Waals surface area contributed by atoms with Crippen LogP contribution in [-0.4, -0.2) is 10.7 Å². The first-order chi connectivity index (χ1) is 2.79. The molecule has 0 amide bonds. The molecule has 1 fully saturated rings. The molecule has 1 rings (SSSR count). The lowest BCUT2D eigenvalue weighted by Gasteiger charge is -2.47. The maximum absolute atomic E-state index is 9.45. The Balaban J connectivity index is 2.11. The molecule has 0 aliphatic carbocycles. The summed E-state index contributed by atoms with van der Waals surface area (Å²) in [4.78, 5) is 3.58. The standard InChI is InChI=1S/HN3O3/c4-2-1-3(5)6-2/h1H/q-2. The average molecular weight is 91.0 g/mol. The van der Waals surface area contributed by atoms with Gasteiger partial charge in [0.05, 0.1) is 0 Å². The van der Waals surface area contributed by atoms with Gasteiger partial charge in [0.25, 0.3) is 0 Å². The van der Waals surface area contributed by atoms with Gasteiger partial charge in [-0.05, 0) is 0 Å². The Bertz CT molecular complexity index is 42.0. The Morgan fingerprint density at radius 2 is 1.67 bits per heavy atom. The van der Waals surface area contributed by atoms with Gasteiger partial charge in [0.2, 0.25) is 0 Å². The molecule has 1 N–H and O–H groups in total. The molecule has 0 aromatic carbocycles. The van der Waals surface area contributed by atoms with Crippen LogP contribution >= 0.6 is 0 Å².